The predicted molar refractivity (Wildman–Crippen MR) is 56.0 cm³/mol. The molecule has 0 unspecified atom stereocenters. The van der Waals surface area contributed by atoms with E-state index in [-0.39, 0.29) is 11.7 Å². The van der Waals surface area contributed by atoms with Crippen LogP contribution in [0, 0.1) is 5.92 Å². The van der Waals surface area contributed by atoms with Gasteiger partial charge in [0.15, 0.2) is 5.94 Å². The first-order valence-corrected chi connectivity index (χ1v) is 8.25. The second-order valence-electron chi connectivity index (χ2n) is 4.02. The van der Waals surface area contributed by atoms with Crippen molar-refractivity contribution in [1.82, 2.24) is 0 Å². The molecule has 0 aromatic rings. The number of rotatable bonds is 5. The van der Waals surface area contributed by atoms with Gasteiger partial charge in [-0.05, 0) is 18.8 Å². The Morgan fingerprint density at radius 3 is 2.12 bits per heavy atom. The normalized spacial score (nSPS) is 19.8. The van der Waals surface area contributed by atoms with Crippen LogP contribution in [0.2, 0.25) is 0 Å². The summed E-state index contributed by atoms with van der Waals surface area (Å²) in [6.07, 6.45) is 4.70. The van der Waals surface area contributed by atoms with Crippen LogP contribution in [-0.4, -0.2) is 33.1 Å². The molecule has 1 rings (SSSR count). The lowest BCUT2D eigenvalue weighted by Crippen LogP contribution is -2.22. The molecule has 1 aliphatic rings. The van der Waals surface area contributed by atoms with E-state index in [2.05, 4.69) is 4.18 Å². The number of hydrogen-bond acceptors (Lipinski definition) is 6. The largest absolute Gasteiger partial charge is 0.746 e. The fourth-order valence-electron chi connectivity index (χ4n) is 1.82. The van der Waals surface area contributed by atoms with Crippen LogP contribution >= 0.6 is 0 Å². The van der Waals surface area contributed by atoms with E-state index < -0.39 is 26.2 Å². The fourth-order valence-corrected chi connectivity index (χ4v) is 3.89. The van der Waals surface area contributed by atoms with Gasteiger partial charge in [-0.25, -0.2) is 8.42 Å². The second-order valence-corrected chi connectivity index (χ2v) is 7.06. The average molecular weight is 271 g/mol. The summed E-state index contributed by atoms with van der Waals surface area (Å²) >= 11 is 0. The van der Waals surface area contributed by atoms with Gasteiger partial charge in [0.25, 0.3) is 10.1 Å². The minimum absolute atomic E-state index is 0.0214. The van der Waals surface area contributed by atoms with Crippen LogP contribution in [0.4, 0.5) is 0 Å². The standard InChI is InChI=1S/C8H16O6S2/c9-15(10,11)7-14-16(12,13)6-8-4-2-1-3-5-8/h8H,1-7H2,(H,9,10,11)/p-1. The fraction of sp³-hybridized carbons (Fsp3) is 1.00. The molecule has 0 aromatic carbocycles. The van der Waals surface area contributed by atoms with Crippen LogP contribution < -0.4 is 0 Å². The van der Waals surface area contributed by atoms with Crippen molar-refractivity contribution in [1.29, 1.82) is 0 Å². The van der Waals surface area contributed by atoms with E-state index in [1.165, 1.54) is 0 Å². The van der Waals surface area contributed by atoms with Crippen molar-refractivity contribution in [3.63, 3.8) is 0 Å². The molecule has 0 heterocycles. The summed E-state index contributed by atoms with van der Waals surface area (Å²) in [6, 6.07) is 0. The third-order valence-corrected chi connectivity index (χ3v) is 4.45. The zero-order valence-corrected chi connectivity index (χ0v) is 10.4. The molecule has 96 valence electrons. The Kier molecular flexibility index (Phi) is 4.72. The highest BCUT2D eigenvalue weighted by Gasteiger charge is 2.22. The quantitative estimate of drug-likeness (QED) is 0.530. The van der Waals surface area contributed by atoms with Gasteiger partial charge in [-0.1, -0.05) is 19.3 Å². The molecule has 0 N–H and O–H groups in total. The highest BCUT2D eigenvalue weighted by molar-refractivity contribution is 7.89. The van der Waals surface area contributed by atoms with E-state index in [9.17, 15) is 21.4 Å². The van der Waals surface area contributed by atoms with Crippen LogP contribution in [-0.2, 0) is 24.4 Å². The summed E-state index contributed by atoms with van der Waals surface area (Å²) in [5.74, 6) is -1.47. The predicted octanol–water partition coefficient (Wildman–Crippen LogP) is 0.416. The molecule has 1 aliphatic carbocycles. The van der Waals surface area contributed by atoms with Crippen molar-refractivity contribution >= 4 is 20.2 Å². The molecular weight excluding hydrogens is 256 g/mol. The van der Waals surface area contributed by atoms with Crippen molar-refractivity contribution in [2.24, 2.45) is 5.92 Å². The van der Waals surface area contributed by atoms with E-state index in [4.69, 9.17) is 0 Å². The molecule has 1 saturated carbocycles. The second kappa shape index (κ2) is 5.44. The van der Waals surface area contributed by atoms with Gasteiger partial charge in [0, 0.05) is 0 Å². The van der Waals surface area contributed by atoms with Gasteiger partial charge in [0.05, 0.1) is 5.75 Å². The first-order valence-electron chi connectivity index (χ1n) is 5.09. The SMILES string of the molecule is O=S(=O)([O-])COS(=O)(=O)CC1CCCCC1. The first-order chi connectivity index (χ1) is 7.29. The van der Waals surface area contributed by atoms with Gasteiger partial charge in [0.2, 0.25) is 0 Å². The van der Waals surface area contributed by atoms with Crippen molar-refractivity contribution < 1.29 is 25.6 Å². The third-order valence-electron chi connectivity index (χ3n) is 2.54. The van der Waals surface area contributed by atoms with Gasteiger partial charge in [-0.2, -0.15) is 8.42 Å². The molecule has 0 bridgehead atoms. The molecule has 1 fully saturated rings. The molecule has 0 aliphatic heterocycles. The Morgan fingerprint density at radius 1 is 1.06 bits per heavy atom. The van der Waals surface area contributed by atoms with E-state index >= 15 is 0 Å². The van der Waals surface area contributed by atoms with Crippen LogP contribution in [0.5, 0.6) is 0 Å². The lowest BCUT2D eigenvalue weighted by molar-refractivity contribution is 0.327. The summed E-state index contributed by atoms with van der Waals surface area (Å²) in [5.41, 5.74) is 0. The van der Waals surface area contributed by atoms with E-state index in [0.29, 0.717) is 0 Å². The van der Waals surface area contributed by atoms with E-state index in [1.54, 1.807) is 0 Å². The molecule has 0 spiro atoms. The zero-order chi connectivity index (χ0) is 12.2. The summed E-state index contributed by atoms with van der Waals surface area (Å²) in [5, 5.41) is 0. The molecule has 16 heavy (non-hydrogen) atoms. The maximum atomic E-state index is 11.3. The molecule has 0 saturated heterocycles. The van der Waals surface area contributed by atoms with Gasteiger partial charge < -0.3 is 4.55 Å². The van der Waals surface area contributed by atoms with Crippen molar-refractivity contribution in [3.05, 3.63) is 0 Å². The van der Waals surface area contributed by atoms with Crippen molar-refractivity contribution in [2.45, 2.75) is 32.1 Å². The van der Waals surface area contributed by atoms with Crippen LogP contribution in [0.25, 0.3) is 0 Å². The van der Waals surface area contributed by atoms with Crippen LogP contribution in [0.15, 0.2) is 0 Å². The third kappa shape index (κ3) is 5.78. The Labute approximate surface area is 95.9 Å². The molecule has 8 heteroatoms. The lowest BCUT2D eigenvalue weighted by Gasteiger charge is -2.21. The monoisotopic (exact) mass is 271 g/mol. The average Bonchev–Trinajstić information content (AvgIpc) is 2.15. The van der Waals surface area contributed by atoms with Crippen LogP contribution in [0.3, 0.4) is 0 Å². The molecule has 0 radical (unpaired) electrons. The highest BCUT2D eigenvalue weighted by atomic mass is 32.2. The van der Waals surface area contributed by atoms with Crippen molar-refractivity contribution in [3.8, 4) is 0 Å². The Balaban J connectivity index is 2.44. The number of hydrogen-bond donors (Lipinski definition) is 0. The minimum Gasteiger partial charge on any atom is -0.746 e. The smallest absolute Gasteiger partial charge is 0.268 e. The summed E-state index contributed by atoms with van der Waals surface area (Å²) in [7, 11) is -8.54. The highest BCUT2D eigenvalue weighted by Crippen LogP contribution is 2.25. The van der Waals surface area contributed by atoms with Gasteiger partial charge in [0.1, 0.15) is 10.1 Å². The van der Waals surface area contributed by atoms with E-state index in [1.807, 2.05) is 0 Å². The van der Waals surface area contributed by atoms with Crippen LogP contribution in [0.1, 0.15) is 32.1 Å². The minimum atomic E-state index is -4.65. The first kappa shape index (κ1) is 13.9. The lowest BCUT2D eigenvalue weighted by atomic mass is 9.91. The van der Waals surface area contributed by atoms with Gasteiger partial charge >= 0.3 is 0 Å². The van der Waals surface area contributed by atoms with Gasteiger partial charge in [-0.3, -0.25) is 4.18 Å². The molecular formula is C8H15O6S2-. The zero-order valence-electron chi connectivity index (χ0n) is 8.79. The molecule has 6 nitrogen and oxygen atoms in total. The molecule has 0 aromatic heterocycles. The maximum absolute atomic E-state index is 11.3. The Bertz CT molecular complexity index is 404. The Morgan fingerprint density at radius 2 is 1.62 bits per heavy atom. The Hall–Kier alpha value is -0.180. The summed E-state index contributed by atoms with van der Waals surface area (Å²) in [6.45, 7) is 0. The van der Waals surface area contributed by atoms with E-state index in [0.717, 1.165) is 32.1 Å². The topological polar surface area (TPSA) is 101 Å². The molecule has 0 atom stereocenters. The summed E-state index contributed by atoms with van der Waals surface area (Å²) in [4.78, 5) is 0. The van der Waals surface area contributed by atoms with Gasteiger partial charge in [-0.15, -0.1) is 0 Å². The summed E-state index contributed by atoms with van der Waals surface area (Å²) < 4.78 is 57.5. The maximum Gasteiger partial charge on any atom is 0.268 e. The molecule has 0 amide bonds. The van der Waals surface area contributed by atoms with Crippen molar-refractivity contribution in [2.75, 3.05) is 11.7 Å².